The number of hydrogen-bond donors (Lipinski definition) is 1. The molecular formula is C6H13NO. The van der Waals surface area contributed by atoms with Crippen molar-refractivity contribution >= 4 is 0 Å². The number of rotatable bonds is 1. The Balaban J connectivity index is 2.40. The second-order valence-corrected chi connectivity index (χ2v) is 2.61. The molecule has 2 heteroatoms. The monoisotopic (exact) mass is 115 g/mol. The van der Waals surface area contributed by atoms with Crippen LogP contribution < -0.4 is 5.73 Å². The summed E-state index contributed by atoms with van der Waals surface area (Å²) in [4.78, 5) is 0. The summed E-state index contributed by atoms with van der Waals surface area (Å²) in [7, 11) is 0. The maximum absolute atomic E-state index is 5.44. The fraction of sp³-hybridized carbons (Fsp3) is 1.00. The molecule has 48 valence electrons. The molecule has 0 aromatic heterocycles. The number of ether oxygens (including phenoxy) is 1. The minimum absolute atomic E-state index is 0.0139. The molecule has 0 bridgehead atoms. The molecule has 0 saturated carbocycles. The van der Waals surface area contributed by atoms with Crippen molar-refractivity contribution in [3.05, 3.63) is 0 Å². The Morgan fingerprint density at radius 1 is 1.75 bits per heavy atom. The molecule has 1 rings (SSSR count). The summed E-state index contributed by atoms with van der Waals surface area (Å²) in [5.41, 5.74) is 5.46. The van der Waals surface area contributed by atoms with Crippen LogP contribution in [0.3, 0.4) is 0 Å². The highest BCUT2D eigenvalue weighted by Crippen LogP contribution is 2.22. The van der Waals surface area contributed by atoms with Crippen LogP contribution in [0.5, 0.6) is 0 Å². The maximum Gasteiger partial charge on any atom is 0.0777 e. The normalized spacial score (nSPS) is 38.2. The molecule has 0 spiro atoms. The van der Waals surface area contributed by atoms with Crippen molar-refractivity contribution in [2.75, 3.05) is 13.2 Å². The van der Waals surface area contributed by atoms with Crippen LogP contribution in [-0.4, -0.2) is 18.8 Å². The molecule has 0 aromatic carbocycles. The minimum Gasteiger partial charge on any atom is -0.374 e. The van der Waals surface area contributed by atoms with E-state index in [0.29, 0.717) is 6.54 Å². The molecular weight excluding hydrogens is 102 g/mol. The van der Waals surface area contributed by atoms with E-state index in [1.165, 1.54) is 6.42 Å². The number of hydrogen-bond acceptors (Lipinski definition) is 2. The second kappa shape index (κ2) is 2.03. The van der Waals surface area contributed by atoms with Gasteiger partial charge < -0.3 is 10.5 Å². The molecule has 2 nitrogen and oxygen atoms in total. The molecule has 1 atom stereocenters. The van der Waals surface area contributed by atoms with Crippen molar-refractivity contribution < 1.29 is 4.74 Å². The van der Waals surface area contributed by atoms with Crippen molar-refractivity contribution in [2.45, 2.75) is 25.4 Å². The summed E-state index contributed by atoms with van der Waals surface area (Å²) in [6.07, 6.45) is 2.30. The third-order valence-electron chi connectivity index (χ3n) is 1.73. The highest BCUT2D eigenvalue weighted by Gasteiger charge is 2.27. The van der Waals surface area contributed by atoms with Gasteiger partial charge in [-0.25, -0.2) is 0 Å². The summed E-state index contributed by atoms with van der Waals surface area (Å²) in [6.45, 7) is 3.63. The predicted octanol–water partition coefficient (Wildman–Crippen LogP) is 0.514. The van der Waals surface area contributed by atoms with E-state index in [1.54, 1.807) is 0 Å². The summed E-state index contributed by atoms with van der Waals surface area (Å²) in [5.74, 6) is 0. The van der Waals surface area contributed by atoms with Gasteiger partial charge in [-0.05, 0) is 19.8 Å². The molecule has 0 radical (unpaired) electrons. The molecule has 1 heterocycles. The lowest BCUT2D eigenvalue weighted by molar-refractivity contribution is 0.0280. The lowest BCUT2D eigenvalue weighted by atomic mass is 10.0. The van der Waals surface area contributed by atoms with Crippen molar-refractivity contribution in [1.29, 1.82) is 0 Å². The van der Waals surface area contributed by atoms with Gasteiger partial charge in [0.05, 0.1) is 5.60 Å². The predicted molar refractivity (Wildman–Crippen MR) is 32.6 cm³/mol. The van der Waals surface area contributed by atoms with Crippen LogP contribution in [0.15, 0.2) is 0 Å². The quantitative estimate of drug-likeness (QED) is 0.540. The van der Waals surface area contributed by atoms with Crippen LogP contribution in [0.2, 0.25) is 0 Å². The first-order valence-electron chi connectivity index (χ1n) is 3.11. The van der Waals surface area contributed by atoms with E-state index < -0.39 is 0 Å². The van der Waals surface area contributed by atoms with Crippen molar-refractivity contribution in [1.82, 2.24) is 0 Å². The Bertz CT molecular complexity index is 76.6. The third kappa shape index (κ3) is 1.01. The van der Waals surface area contributed by atoms with Crippen LogP contribution in [0, 0.1) is 0 Å². The lowest BCUT2D eigenvalue weighted by Crippen LogP contribution is -2.32. The van der Waals surface area contributed by atoms with Gasteiger partial charge in [0.2, 0.25) is 0 Å². The zero-order valence-electron chi connectivity index (χ0n) is 5.31. The number of nitrogens with two attached hydrogens (primary N) is 1. The molecule has 0 aliphatic carbocycles. The van der Waals surface area contributed by atoms with Gasteiger partial charge in [0, 0.05) is 13.2 Å². The first-order valence-corrected chi connectivity index (χ1v) is 3.11. The van der Waals surface area contributed by atoms with E-state index in [0.717, 1.165) is 13.0 Å². The SMILES string of the molecule is C[C@@]1(CN)CCCO1. The standard InChI is InChI=1S/C6H13NO/c1-6(5-7)3-2-4-8-6/h2-5,7H2,1H3/t6-/m0/s1. The van der Waals surface area contributed by atoms with Gasteiger partial charge in [0.25, 0.3) is 0 Å². The van der Waals surface area contributed by atoms with Gasteiger partial charge in [-0.3, -0.25) is 0 Å². The van der Waals surface area contributed by atoms with Crippen LogP contribution in [0.1, 0.15) is 19.8 Å². The second-order valence-electron chi connectivity index (χ2n) is 2.61. The van der Waals surface area contributed by atoms with E-state index in [4.69, 9.17) is 10.5 Å². The molecule has 1 aliphatic heterocycles. The Hall–Kier alpha value is -0.0800. The molecule has 0 amide bonds. The van der Waals surface area contributed by atoms with Crippen LogP contribution in [0.4, 0.5) is 0 Å². The van der Waals surface area contributed by atoms with Gasteiger partial charge in [0.15, 0.2) is 0 Å². The van der Waals surface area contributed by atoms with E-state index in [1.807, 2.05) is 0 Å². The average Bonchev–Trinajstić information content (AvgIpc) is 2.17. The third-order valence-corrected chi connectivity index (χ3v) is 1.73. The Kier molecular flexibility index (Phi) is 1.54. The Labute approximate surface area is 50.0 Å². The summed E-state index contributed by atoms with van der Waals surface area (Å²) >= 11 is 0. The summed E-state index contributed by atoms with van der Waals surface area (Å²) in [6, 6.07) is 0. The molecule has 0 aromatic rings. The fourth-order valence-electron chi connectivity index (χ4n) is 0.998. The van der Waals surface area contributed by atoms with E-state index >= 15 is 0 Å². The van der Waals surface area contributed by atoms with Crippen molar-refractivity contribution in [3.63, 3.8) is 0 Å². The first-order chi connectivity index (χ1) is 3.77. The van der Waals surface area contributed by atoms with Gasteiger partial charge in [-0.2, -0.15) is 0 Å². The van der Waals surface area contributed by atoms with Gasteiger partial charge >= 0.3 is 0 Å². The highest BCUT2D eigenvalue weighted by atomic mass is 16.5. The summed E-state index contributed by atoms with van der Waals surface area (Å²) in [5, 5.41) is 0. The van der Waals surface area contributed by atoms with Crippen LogP contribution in [0.25, 0.3) is 0 Å². The largest absolute Gasteiger partial charge is 0.374 e. The zero-order valence-corrected chi connectivity index (χ0v) is 5.31. The molecule has 1 fully saturated rings. The Morgan fingerprint density at radius 2 is 2.50 bits per heavy atom. The van der Waals surface area contributed by atoms with Crippen LogP contribution in [-0.2, 0) is 4.74 Å². The molecule has 1 saturated heterocycles. The Morgan fingerprint density at radius 3 is 2.75 bits per heavy atom. The maximum atomic E-state index is 5.44. The topological polar surface area (TPSA) is 35.2 Å². The average molecular weight is 115 g/mol. The summed E-state index contributed by atoms with van der Waals surface area (Å²) < 4.78 is 5.36. The van der Waals surface area contributed by atoms with E-state index in [9.17, 15) is 0 Å². The molecule has 0 unspecified atom stereocenters. The zero-order chi connectivity index (χ0) is 6.04. The lowest BCUT2D eigenvalue weighted by Gasteiger charge is -2.19. The molecule has 1 aliphatic rings. The molecule has 8 heavy (non-hydrogen) atoms. The first kappa shape index (κ1) is 6.05. The fourth-order valence-corrected chi connectivity index (χ4v) is 0.998. The van der Waals surface area contributed by atoms with Crippen LogP contribution >= 0.6 is 0 Å². The molecule has 2 N–H and O–H groups in total. The van der Waals surface area contributed by atoms with Gasteiger partial charge in [0.1, 0.15) is 0 Å². The van der Waals surface area contributed by atoms with Gasteiger partial charge in [-0.15, -0.1) is 0 Å². The van der Waals surface area contributed by atoms with Crippen molar-refractivity contribution in [2.24, 2.45) is 5.73 Å². The van der Waals surface area contributed by atoms with E-state index in [2.05, 4.69) is 6.92 Å². The van der Waals surface area contributed by atoms with Crippen molar-refractivity contribution in [3.8, 4) is 0 Å². The highest BCUT2D eigenvalue weighted by molar-refractivity contribution is 4.80. The minimum atomic E-state index is 0.0139. The smallest absolute Gasteiger partial charge is 0.0777 e. The van der Waals surface area contributed by atoms with Gasteiger partial charge in [-0.1, -0.05) is 0 Å². The van der Waals surface area contributed by atoms with E-state index in [-0.39, 0.29) is 5.60 Å².